The van der Waals surface area contributed by atoms with Crippen molar-refractivity contribution in [1.82, 2.24) is 4.90 Å². The molecule has 1 aromatic carbocycles. The molecule has 1 N–H and O–H groups in total. The van der Waals surface area contributed by atoms with Gasteiger partial charge in [-0.25, -0.2) is 0 Å². The van der Waals surface area contributed by atoms with Crippen LogP contribution in [0.1, 0.15) is 30.9 Å². The van der Waals surface area contributed by atoms with E-state index in [0.717, 1.165) is 25.5 Å². The van der Waals surface area contributed by atoms with Gasteiger partial charge in [0.25, 0.3) is 0 Å². The minimum absolute atomic E-state index is 0.222. The summed E-state index contributed by atoms with van der Waals surface area (Å²) in [6.07, 6.45) is -2.63. The average molecular weight is 297 g/mol. The quantitative estimate of drug-likeness (QED) is 0.908. The number of halogens is 3. The molecule has 0 bridgehead atoms. The molecule has 1 aliphatic rings. The molecular weight excluding hydrogens is 279 g/mol. The van der Waals surface area contributed by atoms with E-state index in [1.165, 1.54) is 12.1 Å². The molecule has 0 radical (unpaired) electrons. The van der Waals surface area contributed by atoms with Gasteiger partial charge in [-0.1, -0.05) is 0 Å². The third kappa shape index (κ3) is 3.67. The highest BCUT2D eigenvalue weighted by molar-refractivity contribution is 5.54. The van der Waals surface area contributed by atoms with Crippen LogP contribution in [0.5, 0.6) is 0 Å². The van der Waals surface area contributed by atoms with E-state index < -0.39 is 11.7 Å². The Hall–Kier alpha value is -1.74. The van der Waals surface area contributed by atoms with E-state index >= 15 is 0 Å². The van der Waals surface area contributed by atoms with Crippen molar-refractivity contribution in [1.29, 1.82) is 5.26 Å². The first-order valence-corrected chi connectivity index (χ1v) is 6.89. The van der Waals surface area contributed by atoms with Crippen LogP contribution in [0.3, 0.4) is 0 Å². The number of anilines is 1. The molecule has 1 aromatic rings. The first kappa shape index (κ1) is 15.6. The Morgan fingerprint density at radius 1 is 1.38 bits per heavy atom. The topological polar surface area (TPSA) is 39.1 Å². The monoisotopic (exact) mass is 297 g/mol. The summed E-state index contributed by atoms with van der Waals surface area (Å²) in [4.78, 5) is 2.26. The molecule has 2 unspecified atom stereocenters. The van der Waals surface area contributed by atoms with Gasteiger partial charge in [-0.05, 0) is 45.0 Å². The van der Waals surface area contributed by atoms with Crippen LogP contribution < -0.4 is 5.32 Å². The molecule has 114 valence electrons. The summed E-state index contributed by atoms with van der Waals surface area (Å²) in [7, 11) is 2.06. The fourth-order valence-corrected chi connectivity index (χ4v) is 2.63. The lowest BCUT2D eigenvalue weighted by Gasteiger charge is -2.35. The highest BCUT2D eigenvalue weighted by Gasteiger charge is 2.33. The van der Waals surface area contributed by atoms with Crippen LogP contribution >= 0.6 is 0 Å². The predicted octanol–water partition coefficient (Wildman–Crippen LogP) is 3.47. The molecular formula is C15H18F3N3. The summed E-state index contributed by atoms with van der Waals surface area (Å²) >= 11 is 0. The number of nitrogens with one attached hydrogen (secondary N) is 1. The molecule has 1 saturated heterocycles. The SMILES string of the molecule is CC1CC(Nc2ccc(C(F)(F)F)c(C#N)c2)CCN1C. The molecule has 1 aliphatic heterocycles. The van der Waals surface area contributed by atoms with Crippen LogP contribution in [0.2, 0.25) is 0 Å². The number of alkyl halides is 3. The summed E-state index contributed by atoms with van der Waals surface area (Å²) in [5, 5.41) is 12.1. The smallest absolute Gasteiger partial charge is 0.382 e. The van der Waals surface area contributed by atoms with Crippen molar-refractivity contribution < 1.29 is 13.2 Å². The van der Waals surface area contributed by atoms with Crippen molar-refractivity contribution in [3.63, 3.8) is 0 Å². The molecule has 0 spiro atoms. The lowest BCUT2D eigenvalue weighted by Crippen LogP contribution is -2.42. The Morgan fingerprint density at radius 3 is 2.67 bits per heavy atom. The number of piperidine rings is 1. The third-order valence-electron chi connectivity index (χ3n) is 4.02. The van der Waals surface area contributed by atoms with Crippen molar-refractivity contribution >= 4 is 5.69 Å². The fourth-order valence-electron chi connectivity index (χ4n) is 2.63. The second-order valence-corrected chi connectivity index (χ2v) is 5.57. The van der Waals surface area contributed by atoms with Crippen LogP contribution in [0.15, 0.2) is 18.2 Å². The molecule has 0 saturated carbocycles. The van der Waals surface area contributed by atoms with Crippen LogP contribution in [0.25, 0.3) is 0 Å². The molecule has 1 heterocycles. The Balaban J connectivity index is 2.14. The highest BCUT2D eigenvalue weighted by atomic mass is 19.4. The molecule has 0 amide bonds. The molecule has 0 aromatic heterocycles. The van der Waals surface area contributed by atoms with Gasteiger partial charge in [-0.2, -0.15) is 18.4 Å². The van der Waals surface area contributed by atoms with E-state index in [0.29, 0.717) is 11.7 Å². The molecule has 6 heteroatoms. The first-order chi connectivity index (χ1) is 9.81. The van der Waals surface area contributed by atoms with Crippen LogP contribution in [-0.4, -0.2) is 30.6 Å². The van der Waals surface area contributed by atoms with E-state index in [9.17, 15) is 13.2 Å². The normalized spacial score (nSPS) is 23.6. The number of rotatable bonds is 2. The van der Waals surface area contributed by atoms with Crippen LogP contribution in [0, 0.1) is 11.3 Å². The Labute approximate surface area is 122 Å². The number of benzene rings is 1. The van der Waals surface area contributed by atoms with Gasteiger partial charge >= 0.3 is 6.18 Å². The third-order valence-corrected chi connectivity index (χ3v) is 4.02. The standard InChI is InChI=1S/C15H18F3N3/c1-10-7-13(5-6-21(10)2)20-12-3-4-14(15(16,17)18)11(8-12)9-19/h3-4,8,10,13,20H,5-7H2,1-2H3. The second kappa shape index (κ2) is 5.94. The van der Waals surface area contributed by atoms with Gasteiger partial charge in [0.05, 0.1) is 17.2 Å². The Bertz CT molecular complexity index is 548. The number of nitriles is 1. The zero-order chi connectivity index (χ0) is 15.6. The molecule has 21 heavy (non-hydrogen) atoms. The van der Waals surface area contributed by atoms with E-state index in [4.69, 9.17) is 5.26 Å². The number of likely N-dealkylation sites (tertiary alicyclic amines) is 1. The summed E-state index contributed by atoms with van der Waals surface area (Å²) in [6.45, 7) is 3.08. The first-order valence-electron chi connectivity index (χ1n) is 6.89. The minimum atomic E-state index is -4.49. The molecule has 3 nitrogen and oxygen atoms in total. The largest absolute Gasteiger partial charge is 0.417 e. The van der Waals surface area contributed by atoms with Crippen molar-refractivity contribution in [3.05, 3.63) is 29.3 Å². The summed E-state index contributed by atoms with van der Waals surface area (Å²) in [6, 6.07) is 5.93. The number of hydrogen-bond donors (Lipinski definition) is 1. The maximum Gasteiger partial charge on any atom is 0.417 e. The van der Waals surface area contributed by atoms with Crippen molar-refractivity contribution in [2.45, 2.75) is 38.0 Å². The van der Waals surface area contributed by atoms with E-state index in [1.807, 2.05) is 0 Å². The number of nitrogens with zero attached hydrogens (tertiary/aromatic N) is 2. The maximum absolute atomic E-state index is 12.7. The zero-order valence-electron chi connectivity index (χ0n) is 12.0. The van der Waals surface area contributed by atoms with Gasteiger partial charge in [-0.15, -0.1) is 0 Å². The van der Waals surface area contributed by atoms with Crippen LogP contribution in [0.4, 0.5) is 18.9 Å². The Kier molecular flexibility index (Phi) is 4.43. The van der Waals surface area contributed by atoms with E-state index in [2.05, 4.69) is 24.2 Å². The van der Waals surface area contributed by atoms with E-state index in [1.54, 1.807) is 6.07 Å². The minimum Gasteiger partial charge on any atom is -0.382 e. The van der Waals surface area contributed by atoms with Crippen molar-refractivity contribution in [2.75, 3.05) is 18.9 Å². The van der Waals surface area contributed by atoms with Gasteiger partial charge in [0.15, 0.2) is 0 Å². The van der Waals surface area contributed by atoms with Gasteiger partial charge in [-0.3, -0.25) is 0 Å². The van der Waals surface area contributed by atoms with Gasteiger partial charge in [0, 0.05) is 24.3 Å². The molecule has 2 rings (SSSR count). The van der Waals surface area contributed by atoms with Crippen molar-refractivity contribution in [2.24, 2.45) is 0 Å². The summed E-state index contributed by atoms with van der Waals surface area (Å²) in [5.74, 6) is 0. The van der Waals surface area contributed by atoms with Crippen LogP contribution in [-0.2, 0) is 6.18 Å². The van der Waals surface area contributed by atoms with Gasteiger partial charge < -0.3 is 10.2 Å². The summed E-state index contributed by atoms with van der Waals surface area (Å²) < 4.78 is 38.2. The lowest BCUT2D eigenvalue weighted by atomic mass is 9.98. The molecule has 0 aliphatic carbocycles. The fraction of sp³-hybridized carbons (Fsp3) is 0.533. The van der Waals surface area contributed by atoms with Gasteiger partial charge in [0.2, 0.25) is 0 Å². The van der Waals surface area contributed by atoms with E-state index in [-0.39, 0.29) is 11.6 Å². The lowest BCUT2D eigenvalue weighted by molar-refractivity contribution is -0.137. The highest BCUT2D eigenvalue weighted by Crippen LogP contribution is 2.33. The summed E-state index contributed by atoms with van der Waals surface area (Å²) in [5.41, 5.74) is -0.651. The number of hydrogen-bond acceptors (Lipinski definition) is 3. The molecule has 2 atom stereocenters. The van der Waals surface area contributed by atoms with Crippen molar-refractivity contribution in [3.8, 4) is 6.07 Å². The maximum atomic E-state index is 12.7. The zero-order valence-corrected chi connectivity index (χ0v) is 12.0. The average Bonchev–Trinajstić information content (AvgIpc) is 2.41. The predicted molar refractivity (Wildman–Crippen MR) is 74.9 cm³/mol. The molecule has 1 fully saturated rings. The second-order valence-electron chi connectivity index (χ2n) is 5.57. The Morgan fingerprint density at radius 2 is 2.10 bits per heavy atom. The van der Waals surface area contributed by atoms with Gasteiger partial charge in [0.1, 0.15) is 0 Å².